The normalized spacial score (nSPS) is 10.9. The maximum Gasteiger partial charge on any atom is 0.241 e. The predicted octanol–water partition coefficient (Wildman–Crippen LogP) is 2.27. The monoisotopic (exact) mass is 367 g/mol. The molecule has 0 unspecified atom stereocenters. The van der Waals surface area contributed by atoms with E-state index in [0.29, 0.717) is 0 Å². The molecule has 2 N–H and O–H groups in total. The van der Waals surface area contributed by atoms with Crippen molar-refractivity contribution in [3.63, 3.8) is 0 Å². The zero-order valence-corrected chi connectivity index (χ0v) is 13.7. The number of carbonyl (C=O) groups excluding carboxylic acids is 1. The second-order valence-corrected chi connectivity index (χ2v) is 6.81. The largest absolute Gasteiger partial charge is 0.325 e. The van der Waals surface area contributed by atoms with Gasteiger partial charge in [0.2, 0.25) is 15.9 Å². The number of carbonyl (C=O) groups is 1. The van der Waals surface area contributed by atoms with E-state index >= 15 is 0 Å². The van der Waals surface area contributed by atoms with E-state index in [-0.39, 0.29) is 21.2 Å². The lowest BCUT2D eigenvalue weighted by Crippen LogP contribution is -2.32. The Bertz CT molecular complexity index is 926. The van der Waals surface area contributed by atoms with Crippen molar-refractivity contribution in [1.29, 1.82) is 5.26 Å². The van der Waals surface area contributed by atoms with E-state index in [9.17, 15) is 17.6 Å². The molecule has 0 atom stereocenters. The van der Waals surface area contributed by atoms with E-state index in [4.69, 9.17) is 16.9 Å². The molecular formula is C15H11ClFN3O3S. The lowest BCUT2D eigenvalue weighted by atomic mass is 10.2. The molecular weight excluding hydrogens is 357 g/mol. The number of nitrogens with zero attached hydrogens (tertiary/aromatic N) is 1. The van der Waals surface area contributed by atoms with Gasteiger partial charge >= 0.3 is 0 Å². The van der Waals surface area contributed by atoms with Gasteiger partial charge in [-0.15, -0.1) is 0 Å². The zero-order valence-electron chi connectivity index (χ0n) is 12.1. The molecule has 2 rings (SSSR count). The molecule has 6 nitrogen and oxygen atoms in total. The van der Waals surface area contributed by atoms with Crippen LogP contribution in [0.1, 0.15) is 5.56 Å². The minimum absolute atomic E-state index is 0.00964. The number of nitriles is 1. The lowest BCUT2D eigenvalue weighted by Gasteiger charge is -2.08. The first kappa shape index (κ1) is 17.9. The molecule has 124 valence electrons. The van der Waals surface area contributed by atoms with Gasteiger partial charge < -0.3 is 5.32 Å². The fourth-order valence-corrected chi connectivity index (χ4v) is 3.06. The summed E-state index contributed by atoms with van der Waals surface area (Å²) in [6.45, 7) is -0.545. The number of sulfonamides is 1. The lowest BCUT2D eigenvalue weighted by molar-refractivity contribution is -0.115. The SMILES string of the molecule is N#Cc1ccc(S(=O)(=O)NCC(=O)Nc2cccc(F)c2)cc1Cl. The highest BCUT2D eigenvalue weighted by atomic mass is 35.5. The van der Waals surface area contributed by atoms with Crippen LogP contribution in [0.3, 0.4) is 0 Å². The minimum atomic E-state index is -3.98. The highest BCUT2D eigenvalue weighted by molar-refractivity contribution is 7.89. The molecule has 1 amide bonds. The first-order valence-electron chi connectivity index (χ1n) is 6.56. The van der Waals surface area contributed by atoms with E-state index in [1.54, 1.807) is 0 Å². The number of halogens is 2. The number of rotatable bonds is 5. The van der Waals surface area contributed by atoms with Crippen molar-refractivity contribution in [3.8, 4) is 6.07 Å². The van der Waals surface area contributed by atoms with Crippen LogP contribution in [0, 0.1) is 17.1 Å². The molecule has 0 aliphatic heterocycles. The average molecular weight is 368 g/mol. The van der Waals surface area contributed by atoms with E-state index < -0.39 is 28.3 Å². The third-order valence-electron chi connectivity index (χ3n) is 2.90. The Kier molecular flexibility index (Phi) is 5.51. The van der Waals surface area contributed by atoms with Gasteiger partial charge in [-0.2, -0.15) is 5.26 Å². The second kappa shape index (κ2) is 7.40. The molecule has 24 heavy (non-hydrogen) atoms. The van der Waals surface area contributed by atoms with Gasteiger partial charge in [-0.05, 0) is 36.4 Å². The Labute approximate surface area is 142 Å². The van der Waals surface area contributed by atoms with E-state index in [1.807, 2.05) is 6.07 Å². The van der Waals surface area contributed by atoms with E-state index in [1.165, 1.54) is 30.3 Å². The van der Waals surface area contributed by atoms with Crippen molar-refractivity contribution in [1.82, 2.24) is 4.72 Å². The number of anilines is 1. The summed E-state index contributed by atoms with van der Waals surface area (Å²) in [5, 5.41) is 11.1. The maximum atomic E-state index is 13.0. The van der Waals surface area contributed by atoms with Gasteiger partial charge in [0.05, 0.1) is 22.0 Å². The third-order valence-corrected chi connectivity index (χ3v) is 4.61. The summed E-state index contributed by atoms with van der Waals surface area (Å²) < 4.78 is 39.3. The molecule has 9 heteroatoms. The molecule has 0 aromatic heterocycles. The predicted molar refractivity (Wildman–Crippen MR) is 86.4 cm³/mol. The maximum absolute atomic E-state index is 13.0. The highest BCUT2D eigenvalue weighted by Crippen LogP contribution is 2.20. The summed E-state index contributed by atoms with van der Waals surface area (Å²) >= 11 is 5.79. The third kappa shape index (κ3) is 4.52. The molecule has 0 aliphatic rings. The molecule has 0 fully saturated rings. The molecule has 0 saturated heterocycles. The van der Waals surface area contributed by atoms with Crippen LogP contribution in [-0.2, 0) is 14.8 Å². The van der Waals surface area contributed by atoms with Gasteiger partial charge in [0.15, 0.2) is 0 Å². The minimum Gasteiger partial charge on any atom is -0.325 e. The van der Waals surface area contributed by atoms with Crippen LogP contribution in [0.15, 0.2) is 47.4 Å². The molecule has 0 saturated carbocycles. The smallest absolute Gasteiger partial charge is 0.241 e. The first-order valence-corrected chi connectivity index (χ1v) is 8.42. The summed E-state index contributed by atoms with van der Waals surface area (Å²) in [4.78, 5) is 11.6. The molecule has 2 aromatic rings. The average Bonchev–Trinajstić information content (AvgIpc) is 2.53. The van der Waals surface area contributed by atoms with Gasteiger partial charge in [-0.3, -0.25) is 4.79 Å². The first-order chi connectivity index (χ1) is 11.3. The van der Waals surface area contributed by atoms with Gasteiger partial charge in [-0.1, -0.05) is 17.7 Å². The quantitative estimate of drug-likeness (QED) is 0.846. The number of benzene rings is 2. The van der Waals surface area contributed by atoms with Crippen molar-refractivity contribution in [3.05, 3.63) is 58.9 Å². The molecule has 0 bridgehead atoms. The van der Waals surface area contributed by atoms with Gasteiger partial charge in [-0.25, -0.2) is 17.5 Å². The summed E-state index contributed by atoms with van der Waals surface area (Å²) in [6, 6.07) is 10.6. The van der Waals surface area contributed by atoms with Crippen molar-refractivity contribution in [2.45, 2.75) is 4.90 Å². The Morgan fingerprint density at radius 2 is 2.00 bits per heavy atom. The fraction of sp³-hybridized carbons (Fsp3) is 0.0667. The zero-order chi connectivity index (χ0) is 17.7. The Morgan fingerprint density at radius 1 is 1.25 bits per heavy atom. The Morgan fingerprint density at radius 3 is 2.62 bits per heavy atom. The van der Waals surface area contributed by atoms with Crippen molar-refractivity contribution in [2.75, 3.05) is 11.9 Å². The molecule has 0 heterocycles. The summed E-state index contributed by atoms with van der Waals surface area (Å²) in [7, 11) is -3.98. The summed E-state index contributed by atoms with van der Waals surface area (Å²) in [6.07, 6.45) is 0. The van der Waals surface area contributed by atoms with Crippen LogP contribution in [-0.4, -0.2) is 20.9 Å². The van der Waals surface area contributed by atoms with Crippen molar-refractivity contribution in [2.24, 2.45) is 0 Å². The van der Waals surface area contributed by atoms with Gasteiger partial charge in [0.1, 0.15) is 11.9 Å². The van der Waals surface area contributed by atoms with E-state index in [2.05, 4.69) is 10.0 Å². The number of nitrogens with one attached hydrogen (secondary N) is 2. The van der Waals surface area contributed by atoms with Crippen LogP contribution < -0.4 is 10.0 Å². The fourth-order valence-electron chi connectivity index (χ4n) is 1.77. The topological polar surface area (TPSA) is 99.1 Å². The molecule has 0 spiro atoms. The van der Waals surface area contributed by atoms with Gasteiger partial charge in [0, 0.05) is 5.69 Å². The summed E-state index contributed by atoms with van der Waals surface area (Å²) in [5.74, 6) is -1.19. The number of amides is 1. The van der Waals surface area contributed by atoms with Crippen LogP contribution in [0.5, 0.6) is 0 Å². The van der Waals surface area contributed by atoms with Crippen molar-refractivity contribution >= 4 is 33.2 Å². The molecule has 2 aromatic carbocycles. The number of hydrogen-bond acceptors (Lipinski definition) is 4. The standard InChI is InChI=1S/C15H11ClFN3O3S/c16-14-7-13(5-4-10(14)8-18)24(22,23)19-9-15(21)20-12-3-1-2-11(17)6-12/h1-7,19H,9H2,(H,20,21). The second-order valence-electron chi connectivity index (χ2n) is 4.64. The Balaban J connectivity index is 2.03. The highest BCUT2D eigenvalue weighted by Gasteiger charge is 2.17. The van der Waals surface area contributed by atoms with Gasteiger partial charge in [0.25, 0.3) is 0 Å². The van der Waals surface area contributed by atoms with Crippen LogP contribution in [0.4, 0.5) is 10.1 Å². The summed E-state index contributed by atoms with van der Waals surface area (Å²) in [5.41, 5.74) is 0.347. The van der Waals surface area contributed by atoms with Crippen molar-refractivity contribution < 1.29 is 17.6 Å². The van der Waals surface area contributed by atoms with E-state index in [0.717, 1.165) is 12.1 Å². The Hall–Kier alpha value is -2.47. The number of hydrogen-bond donors (Lipinski definition) is 2. The molecule has 0 radical (unpaired) electrons. The van der Waals surface area contributed by atoms with Crippen LogP contribution in [0.25, 0.3) is 0 Å². The molecule has 0 aliphatic carbocycles. The van der Waals surface area contributed by atoms with Crippen LogP contribution >= 0.6 is 11.6 Å². The van der Waals surface area contributed by atoms with Crippen LogP contribution in [0.2, 0.25) is 5.02 Å².